The highest BCUT2D eigenvalue weighted by molar-refractivity contribution is 5.01. The van der Waals surface area contributed by atoms with Gasteiger partial charge in [0, 0.05) is 19.1 Å². The first-order valence-corrected chi connectivity index (χ1v) is 6.00. The molecule has 3 heteroatoms. The smallest absolute Gasteiger partial charge is 0.105 e. The first-order chi connectivity index (χ1) is 7.69. The van der Waals surface area contributed by atoms with E-state index in [1.165, 1.54) is 0 Å². The molecule has 3 nitrogen and oxygen atoms in total. The van der Waals surface area contributed by atoms with E-state index >= 15 is 0 Å². The molecule has 92 valence electrons. The quantitative estimate of drug-likeness (QED) is 0.774. The molecule has 1 aromatic rings. The van der Waals surface area contributed by atoms with Crippen molar-refractivity contribution in [2.24, 2.45) is 5.92 Å². The second-order valence-electron chi connectivity index (χ2n) is 4.34. The van der Waals surface area contributed by atoms with Gasteiger partial charge in [0.1, 0.15) is 5.76 Å². The number of ether oxygens (including phenoxy) is 1. The van der Waals surface area contributed by atoms with Gasteiger partial charge >= 0.3 is 0 Å². The Morgan fingerprint density at radius 1 is 1.44 bits per heavy atom. The topological polar surface area (TPSA) is 34.4 Å². The van der Waals surface area contributed by atoms with Crippen LogP contribution in [0.1, 0.15) is 26.5 Å². The van der Waals surface area contributed by atoms with Crippen molar-refractivity contribution in [1.82, 2.24) is 5.32 Å². The van der Waals surface area contributed by atoms with Gasteiger partial charge in [0.15, 0.2) is 0 Å². The maximum absolute atomic E-state index is 5.80. The van der Waals surface area contributed by atoms with Crippen LogP contribution in [0, 0.1) is 5.92 Å². The van der Waals surface area contributed by atoms with E-state index in [2.05, 4.69) is 19.2 Å². The average Bonchev–Trinajstić information content (AvgIpc) is 2.75. The number of hydrogen-bond acceptors (Lipinski definition) is 3. The van der Waals surface area contributed by atoms with Crippen molar-refractivity contribution in [2.75, 3.05) is 13.7 Å². The third-order valence-electron chi connectivity index (χ3n) is 2.78. The zero-order valence-electron chi connectivity index (χ0n) is 10.7. The normalized spacial score (nSPS) is 15.3. The molecule has 0 saturated carbocycles. The Morgan fingerprint density at radius 2 is 2.19 bits per heavy atom. The van der Waals surface area contributed by atoms with Crippen LogP contribution in [0.5, 0.6) is 0 Å². The molecule has 0 saturated heterocycles. The molecule has 0 spiro atoms. The first kappa shape index (κ1) is 13.3. The molecule has 1 N–H and O–H groups in total. The van der Waals surface area contributed by atoms with E-state index in [1.54, 1.807) is 6.26 Å². The molecule has 1 aromatic heterocycles. The summed E-state index contributed by atoms with van der Waals surface area (Å²) in [7, 11) is 1.97. The Bertz CT molecular complexity index is 269. The molecule has 0 amide bonds. The van der Waals surface area contributed by atoms with Crippen molar-refractivity contribution in [3.05, 3.63) is 24.2 Å². The number of likely N-dealkylation sites (N-methyl/N-ethyl adjacent to an activating group) is 1. The maximum atomic E-state index is 5.80. The van der Waals surface area contributed by atoms with E-state index in [0.29, 0.717) is 12.0 Å². The number of hydrogen-bond donors (Lipinski definition) is 1. The van der Waals surface area contributed by atoms with Crippen molar-refractivity contribution in [2.45, 2.75) is 39.3 Å². The zero-order valence-corrected chi connectivity index (χ0v) is 10.7. The predicted octanol–water partition coefficient (Wildman–Crippen LogP) is 2.47. The van der Waals surface area contributed by atoms with Gasteiger partial charge in [-0.1, -0.05) is 13.8 Å². The van der Waals surface area contributed by atoms with E-state index in [9.17, 15) is 0 Å². The molecule has 0 radical (unpaired) electrons. The highest BCUT2D eigenvalue weighted by Crippen LogP contribution is 2.15. The molecule has 2 atom stereocenters. The van der Waals surface area contributed by atoms with Crippen LogP contribution in [0.25, 0.3) is 0 Å². The SMILES string of the molecule is CCOC(C(C)C)C(Cc1ccco1)NC. The summed E-state index contributed by atoms with van der Waals surface area (Å²) in [5, 5.41) is 3.32. The molecule has 0 aliphatic rings. The fraction of sp³-hybridized carbons (Fsp3) is 0.692. The molecular formula is C13H23NO2. The molecule has 1 heterocycles. The van der Waals surface area contributed by atoms with Gasteiger partial charge in [0.05, 0.1) is 12.4 Å². The van der Waals surface area contributed by atoms with Crippen molar-refractivity contribution in [3.63, 3.8) is 0 Å². The Kier molecular flexibility index (Phi) is 5.56. The van der Waals surface area contributed by atoms with E-state index in [1.807, 2.05) is 26.1 Å². The fourth-order valence-corrected chi connectivity index (χ4v) is 1.99. The standard InChI is InChI=1S/C13H23NO2/c1-5-15-13(10(2)3)12(14-4)9-11-7-6-8-16-11/h6-8,10,12-14H,5,9H2,1-4H3. The monoisotopic (exact) mass is 225 g/mol. The second kappa shape index (κ2) is 6.71. The lowest BCUT2D eigenvalue weighted by molar-refractivity contribution is 0.00428. The molecule has 0 bridgehead atoms. The number of rotatable bonds is 7. The van der Waals surface area contributed by atoms with Crippen LogP contribution >= 0.6 is 0 Å². The van der Waals surface area contributed by atoms with Crippen molar-refractivity contribution in [1.29, 1.82) is 0 Å². The van der Waals surface area contributed by atoms with Gasteiger partial charge in [-0.25, -0.2) is 0 Å². The van der Waals surface area contributed by atoms with Crippen molar-refractivity contribution < 1.29 is 9.15 Å². The van der Waals surface area contributed by atoms with E-state index in [-0.39, 0.29) is 6.10 Å². The summed E-state index contributed by atoms with van der Waals surface area (Å²) >= 11 is 0. The van der Waals surface area contributed by atoms with Gasteiger partial charge in [-0.3, -0.25) is 0 Å². The van der Waals surface area contributed by atoms with E-state index in [0.717, 1.165) is 18.8 Å². The van der Waals surface area contributed by atoms with Crippen LogP contribution in [0.3, 0.4) is 0 Å². The zero-order chi connectivity index (χ0) is 12.0. The average molecular weight is 225 g/mol. The summed E-state index contributed by atoms with van der Waals surface area (Å²) < 4.78 is 11.2. The Hall–Kier alpha value is -0.800. The third-order valence-corrected chi connectivity index (χ3v) is 2.78. The van der Waals surface area contributed by atoms with Crippen molar-refractivity contribution >= 4 is 0 Å². The number of nitrogens with one attached hydrogen (secondary N) is 1. The Balaban J connectivity index is 2.63. The molecule has 2 unspecified atom stereocenters. The molecule has 0 aliphatic carbocycles. The van der Waals surface area contributed by atoms with E-state index < -0.39 is 0 Å². The van der Waals surface area contributed by atoms with Crippen LogP contribution in [0.4, 0.5) is 0 Å². The molecule has 0 fully saturated rings. The van der Waals surface area contributed by atoms with Gasteiger partial charge in [0.2, 0.25) is 0 Å². The summed E-state index contributed by atoms with van der Waals surface area (Å²) in [6, 6.07) is 4.23. The molecular weight excluding hydrogens is 202 g/mol. The van der Waals surface area contributed by atoms with Crippen LogP contribution in [0.2, 0.25) is 0 Å². The minimum absolute atomic E-state index is 0.222. The van der Waals surface area contributed by atoms with Crippen LogP contribution in [0.15, 0.2) is 22.8 Å². The first-order valence-electron chi connectivity index (χ1n) is 6.00. The molecule has 0 aliphatic heterocycles. The molecule has 16 heavy (non-hydrogen) atoms. The summed E-state index contributed by atoms with van der Waals surface area (Å²) in [5.41, 5.74) is 0. The van der Waals surface area contributed by atoms with Gasteiger partial charge < -0.3 is 14.5 Å². The highest BCUT2D eigenvalue weighted by Gasteiger charge is 2.24. The lowest BCUT2D eigenvalue weighted by atomic mass is 9.96. The minimum Gasteiger partial charge on any atom is -0.469 e. The molecule has 0 aromatic carbocycles. The van der Waals surface area contributed by atoms with Crippen LogP contribution in [-0.4, -0.2) is 25.8 Å². The largest absolute Gasteiger partial charge is 0.469 e. The Morgan fingerprint density at radius 3 is 2.62 bits per heavy atom. The Labute approximate surface area is 98.2 Å². The van der Waals surface area contributed by atoms with Crippen LogP contribution < -0.4 is 5.32 Å². The van der Waals surface area contributed by atoms with Gasteiger partial charge in [-0.2, -0.15) is 0 Å². The minimum atomic E-state index is 0.222. The fourth-order valence-electron chi connectivity index (χ4n) is 1.99. The van der Waals surface area contributed by atoms with Gasteiger partial charge in [-0.05, 0) is 32.0 Å². The third kappa shape index (κ3) is 3.65. The van der Waals surface area contributed by atoms with E-state index in [4.69, 9.17) is 9.15 Å². The summed E-state index contributed by atoms with van der Waals surface area (Å²) in [4.78, 5) is 0. The summed E-state index contributed by atoms with van der Waals surface area (Å²) in [5.74, 6) is 1.50. The highest BCUT2D eigenvalue weighted by atomic mass is 16.5. The maximum Gasteiger partial charge on any atom is 0.105 e. The second-order valence-corrected chi connectivity index (χ2v) is 4.34. The lowest BCUT2D eigenvalue weighted by Gasteiger charge is -2.29. The molecule has 1 rings (SSSR count). The van der Waals surface area contributed by atoms with Gasteiger partial charge in [-0.15, -0.1) is 0 Å². The summed E-state index contributed by atoms with van der Waals surface area (Å²) in [6.07, 6.45) is 2.81. The predicted molar refractivity (Wildman–Crippen MR) is 65.5 cm³/mol. The van der Waals surface area contributed by atoms with Gasteiger partial charge in [0.25, 0.3) is 0 Å². The van der Waals surface area contributed by atoms with Crippen LogP contribution in [-0.2, 0) is 11.2 Å². The van der Waals surface area contributed by atoms with Crippen molar-refractivity contribution in [3.8, 4) is 0 Å². The lowest BCUT2D eigenvalue weighted by Crippen LogP contribution is -2.44. The number of furan rings is 1. The summed E-state index contributed by atoms with van der Waals surface area (Å²) in [6.45, 7) is 7.16.